The molecular weight excluding hydrogens is 368 g/mol. The molecule has 1 saturated heterocycles. The second kappa shape index (κ2) is 8.59. The predicted octanol–water partition coefficient (Wildman–Crippen LogP) is 2.29. The zero-order valence-corrected chi connectivity index (χ0v) is 16.6. The number of rotatable bonds is 7. The van der Waals surface area contributed by atoms with Crippen LogP contribution in [0.1, 0.15) is 33.6 Å². The van der Waals surface area contributed by atoms with Gasteiger partial charge in [-0.15, -0.1) is 10.2 Å². The minimum absolute atomic E-state index is 0.0637. The van der Waals surface area contributed by atoms with Crippen LogP contribution in [0.5, 0.6) is 0 Å². The van der Waals surface area contributed by atoms with Crippen molar-refractivity contribution in [2.45, 2.75) is 38.0 Å². The maximum atomic E-state index is 12.4. The third-order valence-electron chi connectivity index (χ3n) is 3.69. The summed E-state index contributed by atoms with van der Waals surface area (Å²) < 4.78 is 26.2. The number of amides is 1. The first kappa shape index (κ1) is 19.6. The lowest BCUT2D eigenvalue weighted by atomic mass is 9.99. The van der Waals surface area contributed by atoms with Gasteiger partial charge < -0.3 is 5.32 Å². The van der Waals surface area contributed by atoms with Crippen molar-refractivity contribution in [3.63, 3.8) is 0 Å². The van der Waals surface area contributed by atoms with E-state index in [2.05, 4.69) is 29.4 Å². The molecule has 24 heavy (non-hydrogen) atoms. The third-order valence-corrected chi connectivity index (χ3v) is 7.94. The van der Waals surface area contributed by atoms with Gasteiger partial charge >= 0.3 is 0 Å². The lowest BCUT2D eigenvalue weighted by Gasteiger charge is -2.30. The van der Waals surface area contributed by atoms with E-state index in [1.54, 1.807) is 18.7 Å². The molecule has 0 spiro atoms. The van der Waals surface area contributed by atoms with Gasteiger partial charge in [-0.25, -0.2) is 12.7 Å². The summed E-state index contributed by atoms with van der Waals surface area (Å²) in [6.07, 6.45) is 1.39. The fourth-order valence-corrected chi connectivity index (χ4v) is 5.27. The van der Waals surface area contributed by atoms with Crippen LogP contribution < -0.4 is 5.32 Å². The van der Waals surface area contributed by atoms with E-state index in [-0.39, 0.29) is 24.1 Å². The number of sulfonamides is 1. The number of thioether (sulfide) groups is 1. The van der Waals surface area contributed by atoms with Crippen LogP contribution >= 0.6 is 23.1 Å². The molecule has 136 valence electrons. The number of aromatic nitrogens is 2. The second-order valence-corrected chi connectivity index (χ2v) is 10.7. The van der Waals surface area contributed by atoms with Gasteiger partial charge in [0.15, 0.2) is 4.34 Å². The molecule has 0 aromatic carbocycles. The fraction of sp³-hybridized carbons (Fsp3) is 0.786. The largest absolute Gasteiger partial charge is 0.300 e. The van der Waals surface area contributed by atoms with Crippen LogP contribution in [-0.4, -0.2) is 53.4 Å². The lowest BCUT2D eigenvalue weighted by molar-refractivity contribution is -0.120. The van der Waals surface area contributed by atoms with Crippen LogP contribution in [0.3, 0.4) is 0 Å². The number of anilines is 1. The highest BCUT2D eigenvalue weighted by molar-refractivity contribution is 8.01. The molecule has 1 aromatic heterocycles. The quantitative estimate of drug-likeness (QED) is 0.565. The van der Waals surface area contributed by atoms with Crippen molar-refractivity contribution in [1.29, 1.82) is 0 Å². The van der Waals surface area contributed by atoms with E-state index in [1.807, 2.05) is 0 Å². The van der Waals surface area contributed by atoms with E-state index in [1.165, 1.54) is 15.6 Å². The van der Waals surface area contributed by atoms with Crippen molar-refractivity contribution in [2.75, 3.05) is 29.9 Å². The van der Waals surface area contributed by atoms with E-state index in [4.69, 9.17) is 0 Å². The molecule has 7 nitrogen and oxygen atoms in total. The van der Waals surface area contributed by atoms with Crippen molar-refractivity contribution in [3.8, 4) is 0 Å². The Morgan fingerprint density at radius 3 is 2.88 bits per heavy atom. The number of carbonyl (C=O) groups is 1. The highest BCUT2D eigenvalue weighted by atomic mass is 32.2. The summed E-state index contributed by atoms with van der Waals surface area (Å²) in [6, 6.07) is 0. The molecule has 0 unspecified atom stereocenters. The summed E-state index contributed by atoms with van der Waals surface area (Å²) in [6.45, 7) is 6.63. The minimum atomic E-state index is -3.25. The summed E-state index contributed by atoms with van der Waals surface area (Å²) in [7, 11) is -3.25. The first-order valence-corrected chi connectivity index (χ1v) is 11.5. The molecule has 1 N–H and O–H groups in total. The molecule has 1 amide bonds. The average Bonchev–Trinajstić information content (AvgIpc) is 3.00. The van der Waals surface area contributed by atoms with E-state index < -0.39 is 10.0 Å². The molecule has 1 aliphatic heterocycles. The molecular formula is C14H24N4O3S3. The van der Waals surface area contributed by atoms with E-state index in [0.29, 0.717) is 30.4 Å². The monoisotopic (exact) mass is 392 g/mol. The molecule has 1 aliphatic rings. The van der Waals surface area contributed by atoms with Gasteiger partial charge in [0.1, 0.15) is 0 Å². The standard InChI is InChI=1S/C14H24N4O3S3/c1-4-24(20,21)18-7-5-6-11(8-18)12(19)15-13-16-17-14(23-13)22-9-10(2)3/h10-11H,4-9H2,1-3H3,(H,15,16,19)/t11-/m0/s1. The van der Waals surface area contributed by atoms with E-state index in [0.717, 1.165) is 10.1 Å². The SMILES string of the molecule is CCS(=O)(=O)N1CCC[C@H](C(=O)Nc2nnc(SCC(C)C)s2)C1. The van der Waals surface area contributed by atoms with Crippen molar-refractivity contribution >= 4 is 44.2 Å². The van der Waals surface area contributed by atoms with Crippen LogP contribution in [0.15, 0.2) is 4.34 Å². The molecule has 2 rings (SSSR count). The normalized spacial score (nSPS) is 19.6. The van der Waals surface area contributed by atoms with Gasteiger partial charge in [-0.3, -0.25) is 4.79 Å². The summed E-state index contributed by atoms with van der Waals surface area (Å²) in [5, 5.41) is 11.3. The Balaban J connectivity index is 1.92. The maximum absolute atomic E-state index is 12.4. The second-order valence-electron chi connectivity index (χ2n) is 6.16. The molecule has 0 saturated carbocycles. The smallest absolute Gasteiger partial charge is 0.230 e. The first-order valence-electron chi connectivity index (χ1n) is 8.06. The summed E-state index contributed by atoms with van der Waals surface area (Å²) >= 11 is 2.98. The molecule has 0 radical (unpaired) electrons. The predicted molar refractivity (Wildman–Crippen MR) is 97.9 cm³/mol. The van der Waals surface area contributed by atoms with Crippen LogP contribution in [0.25, 0.3) is 0 Å². The summed E-state index contributed by atoms with van der Waals surface area (Å²) in [5.74, 6) is 1.06. The van der Waals surface area contributed by atoms with Gasteiger partial charge in [-0.05, 0) is 25.7 Å². The number of nitrogens with one attached hydrogen (secondary N) is 1. The van der Waals surface area contributed by atoms with E-state index >= 15 is 0 Å². The van der Waals surface area contributed by atoms with E-state index in [9.17, 15) is 13.2 Å². The third kappa shape index (κ3) is 5.40. The Labute approximate surface area is 151 Å². The Morgan fingerprint density at radius 1 is 1.46 bits per heavy atom. The van der Waals surface area contributed by atoms with Crippen molar-refractivity contribution < 1.29 is 13.2 Å². The van der Waals surface area contributed by atoms with Crippen LogP contribution in [0.2, 0.25) is 0 Å². The Kier molecular flexibility index (Phi) is 7.02. The van der Waals surface area contributed by atoms with Gasteiger partial charge in [-0.1, -0.05) is 36.9 Å². The topological polar surface area (TPSA) is 92.3 Å². The number of piperidine rings is 1. The lowest BCUT2D eigenvalue weighted by Crippen LogP contribution is -2.44. The van der Waals surface area contributed by atoms with Gasteiger partial charge in [0.05, 0.1) is 11.7 Å². The van der Waals surface area contributed by atoms with Crippen molar-refractivity contribution in [3.05, 3.63) is 0 Å². The van der Waals surface area contributed by atoms with Gasteiger partial charge in [0, 0.05) is 18.8 Å². The number of hydrogen-bond acceptors (Lipinski definition) is 7. The number of hydrogen-bond donors (Lipinski definition) is 1. The van der Waals surface area contributed by atoms with Gasteiger partial charge in [0.2, 0.25) is 21.1 Å². The fourth-order valence-electron chi connectivity index (χ4n) is 2.36. The highest BCUT2D eigenvalue weighted by Crippen LogP contribution is 2.28. The molecule has 0 bridgehead atoms. The zero-order chi connectivity index (χ0) is 17.7. The molecule has 2 heterocycles. The zero-order valence-electron chi connectivity index (χ0n) is 14.2. The minimum Gasteiger partial charge on any atom is -0.300 e. The van der Waals surface area contributed by atoms with Crippen molar-refractivity contribution in [1.82, 2.24) is 14.5 Å². The summed E-state index contributed by atoms with van der Waals surface area (Å²) in [4.78, 5) is 12.4. The molecule has 10 heteroatoms. The van der Waals surface area contributed by atoms with Crippen LogP contribution in [-0.2, 0) is 14.8 Å². The molecule has 1 fully saturated rings. The van der Waals surface area contributed by atoms with Crippen LogP contribution in [0.4, 0.5) is 5.13 Å². The Morgan fingerprint density at radius 2 is 2.21 bits per heavy atom. The number of nitrogens with zero attached hydrogens (tertiary/aromatic N) is 3. The van der Waals surface area contributed by atoms with Crippen molar-refractivity contribution in [2.24, 2.45) is 11.8 Å². The van der Waals surface area contributed by atoms with Gasteiger partial charge in [-0.2, -0.15) is 0 Å². The Bertz CT molecular complexity index is 660. The average molecular weight is 393 g/mol. The highest BCUT2D eigenvalue weighted by Gasteiger charge is 2.31. The first-order chi connectivity index (χ1) is 11.3. The molecule has 1 atom stereocenters. The number of carbonyl (C=O) groups excluding carboxylic acids is 1. The maximum Gasteiger partial charge on any atom is 0.230 e. The van der Waals surface area contributed by atoms with Gasteiger partial charge in [0.25, 0.3) is 0 Å². The Hall–Kier alpha value is -0.710. The molecule has 1 aromatic rings. The molecule has 0 aliphatic carbocycles. The van der Waals surface area contributed by atoms with Crippen LogP contribution in [0, 0.1) is 11.8 Å². The summed E-state index contributed by atoms with van der Waals surface area (Å²) in [5.41, 5.74) is 0.